The molecule has 2 aromatic rings. The third kappa shape index (κ3) is 3.35. The Morgan fingerprint density at radius 2 is 1.52 bits per heavy atom. The van der Waals surface area contributed by atoms with Crippen molar-refractivity contribution in [2.75, 3.05) is 12.3 Å². The molecule has 0 unspecified atom stereocenters. The van der Waals surface area contributed by atoms with Gasteiger partial charge in [0, 0.05) is 24.2 Å². The second-order valence-corrected chi connectivity index (χ2v) is 5.78. The van der Waals surface area contributed by atoms with Crippen LogP contribution < -0.4 is 5.73 Å². The van der Waals surface area contributed by atoms with Crippen LogP contribution in [-0.2, 0) is 0 Å². The number of carbonyl (C=O) groups is 3. The van der Waals surface area contributed by atoms with Crippen molar-refractivity contribution in [1.82, 2.24) is 4.90 Å². The van der Waals surface area contributed by atoms with Crippen molar-refractivity contribution in [3.8, 4) is 0 Å². The van der Waals surface area contributed by atoms with Gasteiger partial charge in [-0.15, -0.1) is 0 Å². The van der Waals surface area contributed by atoms with Crippen molar-refractivity contribution in [3.63, 3.8) is 0 Å². The number of nitrogen functional groups attached to an aromatic ring is 1. The number of allylic oxidation sites excluding steroid dienone is 1. The van der Waals surface area contributed by atoms with Crippen LogP contribution in [0.25, 0.3) is 0 Å². The Balaban J connectivity index is 1.53. The van der Waals surface area contributed by atoms with Gasteiger partial charge in [-0.3, -0.25) is 19.3 Å². The summed E-state index contributed by atoms with van der Waals surface area (Å²) in [6.07, 6.45) is 4.28. The summed E-state index contributed by atoms with van der Waals surface area (Å²) in [6.45, 7) is 0.296. The van der Waals surface area contributed by atoms with Crippen molar-refractivity contribution >= 4 is 23.3 Å². The average molecular weight is 334 g/mol. The van der Waals surface area contributed by atoms with Gasteiger partial charge in [-0.2, -0.15) is 0 Å². The molecular weight excluding hydrogens is 316 g/mol. The van der Waals surface area contributed by atoms with Gasteiger partial charge in [0.05, 0.1) is 11.1 Å². The molecule has 5 heteroatoms. The zero-order chi connectivity index (χ0) is 17.8. The second kappa shape index (κ2) is 7.13. The van der Waals surface area contributed by atoms with Crippen molar-refractivity contribution in [2.45, 2.75) is 12.8 Å². The molecule has 1 aliphatic rings. The molecule has 1 heterocycles. The van der Waals surface area contributed by atoms with Crippen molar-refractivity contribution in [2.24, 2.45) is 0 Å². The Hall–Kier alpha value is -3.21. The van der Waals surface area contributed by atoms with Crippen LogP contribution in [-0.4, -0.2) is 29.0 Å². The number of fused-ring (bicyclic) bond motifs is 1. The number of benzene rings is 2. The Bertz CT molecular complexity index is 836. The van der Waals surface area contributed by atoms with Crippen LogP contribution in [0, 0.1) is 0 Å². The molecule has 2 aromatic carbocycles. The molecule has 0 saturated carbocycles. The fraction of sp³-hybridized carbons (Fsp3) is 0.150. The highest BCUT2D eigenvalue weighted by Crippen LogP contribution is 2.22. The second-order valence-electron chi connectivity index (χ2n) is 5.78. The van der Waals surface area contributed by atoms with Gasteiger partial charge in [0.25, 0.3) is 11.8 Å². The fourth-order valence-corrected chi connectivity index (χ4v) is 2.81. The van der Waals surface area contributed by atoms with Gasteiger partial charge >= 0.3 is 0 Å². The standard InChI is InChI=1S/C20H18N2O3/c21-17-11-6-5-10-16(17)18(23)12-2-1-7-13-22-19(24)14-8-3-4-9-15(14)20(22)25/h1-6,8-11H,7,12-13,21H2. The maximum atomic E-state index is 12.2. The highest BCUT2D eigenvalue weighted by atomic mass is 16.2. The van der Waals surface area contributed by atoms with Crippen molar-refractivity contribution in [3.05, 3.63) is 77.4 Å². The largest absolute Gasteiger partial charge is 0.398 e. The monoisotopic (exact) mass is 334 g/mol. The summed E-state index contributed by atoms with van der Waals surface area (Å²) in [4.78, 5) is 37.8. The maximum Gasteiger partial charge on any atom is 0.261 e. The van der Waals surface area contributed by atoms with E-state index in [1.807, 2.05) is 0 Å². The van der Waals surface area contributed by atoms with E-state index in [0.29, 0.717) is 35.3 Å². The number of Topliss-reactive ketones (excluding diaryl/α,β-unsaturated/α-hetero) is 1. The molecule has 0 aromatic heterocycles. The van der Waals surface area contributed by atoms with Gasteiger partial charge in [-0.1, -0.05) is 36.4 Å². The topological polar surface area (TPSA) is 80.5 Å². The highest BCUT2D eigenvalue weighted by Gasteiger charge is 2.34. The van der Waals surface area contributed by atoms with Crippen molar-refractivity contribution in [1.29, 1.82) is 0 Å². The lowest BCUT2D eigenvalue weighted by molar-refractivity contribution is 0.0656. The number of nitrogens with zero attached hydrogens (tertiary/aromatic N) is 1. The molecule has 3 rings (SSSR count). The van der Waals surface area contributed by atoms with Gasteiger partial charge in [-0.25, -0.2) is 0 Å². The van der Waals surface area contributed by atoms with Crippen LogP contribution in [0.15, 0.2) is 60.7 Å². The lowest BCUT2D eigenvalue weighted by atomic mass is 10.1. The highest BCUT2D eigenvalue weighted by molar-refractivity contribution is 6.21. The first-order chi connectivity index (χ1) is 12.1. The minimum atomic E-state index is -0.262. The number of ketones is 1. The number of para-hydroxylation sites is 1. The molecule has 2 amide bonds. The Morgan fingerprint density at radius 1 is 0.920 bits per heavy atom. The smallest absolute Gasteiger partial charge is 0.261 e. The molecule has 0 spiro atoms. The number of anilines is 1. The number of hydrogen-bond acceptors (Lipinski definition) is 4. The Morgan fingerprint density at radius 3 is 2.16 bits per heavy atom. The third-order valence-electron chi connectivity index (χ3n) is 4.13. The number of rotatable bonds is 6. The molecule has 126 valence electrons. The third-order valence-corrected chi connectivity index (χ3v) is 4.13. The lowest BCUT2D eigenvalue weighted by Crippen LogP contribution is -2.30. The Labute approximate surface area is 145 Å². The summed E-state index contributed by atoms with van der Waals surface area (Å²) in [6, 6.07) is 13.8. The Kier molecular flexibility index (Phi) is 4.75. The van der Waals surface area contributed by atoms with E-state index in [0.717, 1.165) is 0 Å². The molecule has 5 nitrogen and oxygen atoms in total. The van der Waals surface area contributed by atoms with E-state index in [9.17, 15) is 14.4 Å². The first kappa shape index (κ1) is 16.6. The van der Waals surface area contributed by atoms with E-state index in [1.165, 1.54) is 4.90 Å². The summed E-state index contributed by atoms with van der Waals surface area (Å²) in [7, 11) is 0. The molecule has 0 bridgehead atoms. The quantitative estimate of drug-likeness (QED) is 0.381. The van der Waals surface area contributed by atoms with Crippen LogP contribution >= 0.6 is 0 Å². The van der Waals surface area contributed by atoms with Gasteiger partial charge in [0.1, 0.15) is 0 Å². The molecule has 1 aliphatic heterocycles. The van der Waals surface area contributed by atoms with E-state index in [2.05, 4.69) is 0 Å². The fourth-order valence-electron chi connectivity index (χ4n) is 2.81. The molecule has 0 atom stereocenters. The van der Waals surface area contributed by atoms with Crippen LogP contribution in [0.2, 0.25) is 0 Å². The number of amides is 2. The van der Waals surface area contributed by atoms with E-state index < -0.39 is 0 Å². The first-order valence-electron chi connectivity index (χ1n) is 8.07. The van der Waals surface area contributed by atoms with Crippen molar-refractivity contribution < 1.29 is 14.4 Å². The zero-order valence-electron chi connectivity index (χ0n) is 13.6. The average Bonchev–Trinajstić information content (AvgIpc) is 2.86. The van der Waals surface area contributed by atoms with Gasteiger partial charge in [0.2, 0.25) is 0 Å². The minimum absolute atomic E-state index is 0.0601. The first-order valence-corrected chi connectivity index (χ1v) is 8.07. The van der Waals surface area contributed by atoms with E-state index in [4.69, 9.17) is 5.73 Å². The maximum absolute atomic E-state index is 12.2. The predicted molar refractivity (Wildman–Crippen MR) is 95.4 cm³/mol. The molecule has 2 N–H and O–H groups in total. The summed E-state index contributed by atoms with van der Waals surface area (Å²) in [5.41, 5.74) is 7.65. The molecule has 25 heavy (non-hydrogen) atoms. The SMILES string of the molecule is Nc1ccccc1C(=O)CC=CCCN1C(=O)c2ccccc2C1=O. The van der Waals surface area contributed by atoms with E-state index >= 15 is 0 Å². The number of hydrogen-bond donors (Lipinski definition) is 1. The van der Waals surface area contributed by atoms with Gasteiger partial charge < -0.3 is 5.73 Å². The van der Waals surface area contributed by atoms with E-state index in [1.54, 1.807) is 60.7 Å². The molecular formula is C20H18N2O3. The number of nitrogens with two attached hydrogens (primary N) is 1. The van der Waals surface area contributed by atoms with Gasteiger partial charge in [0.15, 0.2) is 5.78 Å². The lowest BCUT2D eigenvalue weighted by Gasteiger charge is -2.11. The normalized spacial score (nSPS) is 13.5. The summed E-state index contributed by atoms with van der Waals surface area (Å²) in [5, 5.41) is 0. The van der Waals surface area contributed by atoms with Crippen LogP contribution in [0.4, 0.5) is 5.69 Å². The minimum Gasteiger partial charge on any atom is -0.398 e. The van der Waals surface area contributed by atoms with Crippen LogP contribution in [0.3, 0.4) is 0 Å². The summed E-state index contributed by atoms with van der Waals surface area (Å²) < 4.78 is 0. The molecule has 0 saturated heterocycles. The van der Waals surface area contributed by atoms with Crippen LogP contribution in [0.5, 0.6) is 0 Å². The number of carbonyl (C=O) groups excluding carboxylic acids is 3. The van der Waals surface area contributed by atoms with Gasteiger partial charge in [-0.05, 0) is 30.7 Å². The van der Waals surface area contributed by atoms with Crippen LogP contribution in [0.1, 0.15) is 43.9 Å². The predicted octanol–water partition coefficient (Wildman–Crippen LogP) is 3.08. The molecule has 0 radical (unpaired) electrons. The zero-order valence-corrected chi connectivity index (χ0v) is 13.6. The number of imide groups is 1. The summed E-state index contributed by atoms with van der Waals surface area (Å²) >= 11 is 0. The van der Waals surface area contributed by atoms with E-state index in [-0.39, 0.29) is 24.0 Å². The summed E-state index contributed by atoms with van der Waals surface area (Å²) in [5.74, 6) is -0.584. The molecule has 0 aliphatic carbocycles. The molecule has 0 fully saturated rings.